The van der Waals surface area contributed by atoms with Crippen molar-refractivity contribution in [2.75, 3.05) is 32.1 Å². The van der Waals surface area contributed by atoms with Gasteiger partial charge in [0, 0.05) is 31.4 Å². The number of benzene rings is 1. The van der Waals surface area contributed by atoms with Crippen LogP contribution in [0.2, 0.25) is 0 Å². The van der Waals surface area contributed by atoms with Crippen LogP contribution in [0.5, 0.6) is 5.75 Å². The van der Waals surface area contributed by atoms with Gasteiger partial charge in [-0.15, -0.1) is 0 Å². The van der Waals surface area contributed by atoms with Crippen LogP contribution in [0.4, 0.5) is 5.69 Å². The maximum Gasteiger partial charge on any atom is 0.120 e. The molecule has 1 aromatic carbocycles. The van der Waals surface area contributed by atoms with Gasteiger partial charge in [0.1, 0.15) is 5.75 Å². The zero-order chi connectivity index (χ0) is 14.2. The van der Waals surface area contributed by atoms with Gasteiger partial charge in [-0.25, -0.2) is 0 Å². The normalized spacial score (nSPS) is 14.3. The predicted octanol–water partition coefficient (Wildman–Crippen LogP) is 3.44. The summed E-state index contributed by atoms with van der Waals surface area (Å²) in [4.78, 5) is 2.31. The molecular weight excluding hydrogens is 248 g/mol. The molecule has 0 aliphatic heterocycles. The van der Waals surface area contributed by atoms with Crippen molar-refractivity contribution in [1.82, 2.24) is 5.32 Å². The van der Waals surface area contributed by atoms with Crippen LogP contribution in [-0.2, 0) is 0 Å². The number of nitrogens with zero attached hydrogens (tertiary/aromatic N) is 1. The maximum atomic E-state index is 5.27. The summed E-state index contributed by atoms with van der Waals surface area (Å²) in [6.07, 6.45) is 8.03. The van der Waals surface area contributed by atoms with Gasteiger partial charge in [0.05, 0.1) is 7.11 Å². The molecule has 0 amide bonds. The molecule has 1 saturated carbocycles. The van der Waals surface area contributed by atoms with E-state index in [9.17, 15) is 0 Å². The third kappa shape index (κ3) is 5.41. The third-order valence-electron chi connectivity index (χ3n) is 3.92. The second-order valence-corrected chi connectivity index (χ2v) is 5.77. The summed E-state index contributed by atoms with van der Waals surface area (Å²) in [6.45, 7) is 2.32. The zero-order valence-electron chi connectivity index (χ0n) is 12.9. The molecule has 3 nitrogen and oxygen atoms in total. The van der Waals surface area contributed by atoms with Crippen molar-refractivity contribution in [3.8, 4) is 5.75 Å². The first-order valence-corrected chi connectivity index (χ1v) is 7.88. The van der Waals surface area contributed by atoms with Gasteiger partial charge in [0.25, 0.3) is 0 Å². The van der Waals surface area contributed by atoms with Gasteiger partial charge in [-0.05, 0) is 44.4 Å². The lowest BCUT2D eigenvalue weighted by atomic mass is 10.2. The minimum atomic E-state index is 0.856. The largest absolute Gasteiger partial charge is 0.497 e. The molecule has 0 atom stereocenters. The number of methoxy groups -OCH3 is 1. The van der Waals surface area contributed by atoms with Crippen molar-refractivity contribution in [2.45, 2.75) is 44.6 Å². The molecule has 0 aromatic heterocycles. The molecule has 2 rings (SSSR count). The minimum absolute atomic E-state index is 0.856. The summed E-state index contributed by atoms with van der Waals surface area (Å²) < 4.78 is 5.27. The fraction of sp³-hybridized carbons (Fsp3) is 0.647. The molecule has 1 aliphatic rings. The molecule has 0 spiro atoms. The first-order valence-electron chi connectivity index (χ1n) is 7.88. The zero-order valence-corrected chi connectivity index (χ0v) is 12.9. The molecule has 0 radical (unpaired) electrons. The van der Waals surface area contributed by atoms with Crippen LogP contribution >= 0.6 is 0 Å². The molecule has 0 bridgehead atoms. The van der Waals surface area contributed by atoms with Crippen molar-refractivity contribution >= 4 is 5.69 Å². The molecule has 20 heavy (non-hydrogen) atoms. The molecule has 112 valence electrons. The van der Waals surface area contributed by atoms with E-state index in [-0.39, 0.29) is 0 Å². The highest BCUT2D eigenvalue weighted by atomic mass is 16.5. The second-order valence-electron chi connectivity index (χ2n) is 5.77. The molecule has 1 N–H and O–H groups in total. The van der Waals surface area contributed by atoms with Crippen LogP contribution in [0.1, 0.15) is 38.5 Å². The Bertz CT molecular complexity index is 390. The number of hydrogen-bond acceptors (Lipinski definition) is 3. The van der Waals surface area contributed by atoms with Gasteiger partial charge >= 0.3 is 0 Å². The fourth-order valence-corrected chi connectivity index (χ4v) is 2.40. The van der Waals surface area contributed by atoms with Crippen LogP contribution in [0.3, 0.4) is 0 Å². The van der Waals surface area contributed by atoms with Gasteiger partial charge in [-0.1, -0.05) is 18.9 Å². The third-order valence-corrected chi connectivity index (χ3v) is 3.92. The molecule has 3 heteroatoms. The van der Waals surface area contributed by atoms with Gasteiger partial charge in [-0.2, -0.15) is 0 Å². The van der Waals surface area contributed by atoms with E-state index < -0.39 is 0 Å². The van der Waals surface area contributed by atoms with E-state index >= 15 is 0 Å². The SMILES string of the molecule is COc1cccc(N(C)CCCCCCNC2CC2)c1. The van der Waals surface area contributed by atoms with E-state index in [1.807, 2.05) is 12.1 Å². The highest BCUT2D eigenvalue weighted by Crippen LogP contribution is 2.20. The Morgan fingerprint density at radius 3 is 2.75 bits per heavy atom. The van der Waals surface area contributed by atoms with E-state index in [2.05, 4.69) is 29.4 Å². The summed E-state index contributed by atoms with van der Waals surface area (Å²) in [5, 5.41) is 3.57. The second kappa shape index (κ2) is 8.15. The monoisotopic (exact) mass is 276 g/mol. The molecule has 1 fully saturated rings. The molecule has 1 aromatic rings. The van der Waals surface area contributed by atoms with Gasteiger partial charge in [0.2, 0.25) is 0 Å². The highest BCUT2D eigenvalue weighted by Gasteiger charge is 2.19. The van der Waals surface area contributed by atoms with Crippen LogP contribution in [0.15, 0.2) is 24.3 Å². The Morgan fingerprint density at radius 1 is 1.20 bits per heavy atom. The number of unbranched alkanes of at least 4 members (excludes halogenated alkanes) is 3. The van der Waals surface area contributed by atoms with Crippen molar-refractivity contribution in [1.29, 1.82) is 0 Å². The van der Waals surface area contributed by atoms with Gasteiger partial charge < -0.3 is 15.0 Å². The van der Waals surface area contributed by atoms with E-state index in [1.165, 1.54) is 50.8 Å². The van der Waals surface area contributed by atoms with Crippen LogP contribution in [0, 0.1) is 0 Å². The first kappa shape index (κ1) is 15.2. The average molecular weight is 276 g/mol. The van der Waals surface area contributed by atoms with Crippen molar-refractivity contribution < 1.29 is 4.74 Å². The molecule has 0 heterocycles. The number of hydrogen-bond donors (Lipinski definition) is 1. The summed E-state index contributed by atoms with van der Waals surface area (Å²) >= 11 is 0. The number of ether oxygens (including phenoxy) is 1. The molecule has 0 saturated heterocycles. The summed E-state index contributed by atoms with van der Waals surface area (Å²) in [6, 6.07) is 9.13. The summed E-state index contributed by atoms with van der Waals surface area (Å²) in [5.41, 5.74) is 1.24. The molecule has 1 aliphatic carbocycles. The fourth-order valence-electron chi connectivity index (χ4n) is 2.40. The summed E-state index contributed by atoms with van der Waals surface area (Å²) in [7, 11) is 3.87. The quantitative estimate of drug-likeness (QED) is 0.663. The number of rotatable bonds is 10. The van der Waals surface area contributed by atoms with E-state index in [0.717, 1.165) is 18.3 Å². The maximum absolute atomic E-state index is 5.27. The summed E-state index contributed by atoms with van der Waals surface area (Å²) in [5.74, 6) is 0.931. The van der Waals surface area contributed by atoms with Crippen LogP contribution in [-0.4, -0.2) is 33.3 Å². The first-order chi connectivity index (χ1) is 9.79. The Kier molecular flexibility index (Phi) is 6.19. The van der Waals surface area contributed by atoms with Crippen LogP contribution in [0.25, 0.3) is 0 Å². The van der Waals surface area contributed by atoms with Gasteiger partial charge in [0.15, 0.2) is 0 Å². The lowest BCUT2D eigenvalue weighted by molar-refractivity contribution is 0.415. The lowest BCUT2D eigenvalue weighted by Crippen LogP contribution is -2.19. The number of anilines is 1. The Hall–Kier alpha value is -1.22. The van der Waals surface area contributed by atoms with Crippen molar-refractivity contribution in [3.05, 3.63) is 24.3 Å². The Morgan fingerprint density at radius 2 is 2.00 bits per heavy atom. The van der Waals surface area contributed by atoms with E-state index in [1.54, 1.807) is 7.11 Å². The molecule has 0 unspecified atom stereocenters. The standard InChI is InChI=1S/C17H28N2O/c1-19(16-8-7-9-17(14-16)20-2)13-6-4-3-5-12-18-15-10-11-15/h7-9,14-15,18H,3-6,10-13H2,1-2H3. The number of nitrogens with one attached hydrogen (secondary N) is 1. The Balaban J connectivity index is 1.55. The van der Waals surface area contributed by atoms with Crippen LogP contribution < -0.4 is 15.0 Å². The predicted molar refractivity (Wildman–Crippen MR) is 85.8 cm³/mol. The molecular formula is C17H28N2O. The Labute approximate surface area is 123 Å². The van der Waals surface area contributed by atoms with Gasteiger partial charge in [-0.3, -0.25) is 0 Å². The van der Waals surface area contributed by atoms with Crippen molar-refractivity contribution in [3.63, 3.8) is 0 Å². The van der Waals surface area contributed by atoms with Crippen molar-refractivity contribution in [2.24, 2.45) is 0 Å². The van der Waals surface area contributed by atoms with E-state index in [4.69, 9.17) is 4.74 Å². The lowest BCUT2D eigenvalue weighted by Gasteiger charge is -2.19. The smallest absolute Gasteiger partial charge is 0.120 e. The van der Waals surface area contributed by atoms with E-state index in [0.29, 0.717) is 0 Å². The topological polar surface area (TPSA) is 24.5 Å². The highest BCUT2D eigenvalue weighted by molar-refractivity contribution is 5.49. The minimum Gasteiger partial charge on any atom is -0.497 e. The average Bonchev–Trinajstić information content (AvgIpc) is 3.30.